The van der Waals surface area contributed by atoms with Crippen LogP contribution < -0.4 is 10.2 Å². The molecule has 0 bridgehead atoms. The minimum absolute atomic E-state index is 0.357. The summed E-state index contributed by atoms with van der Waals surface area (Å²) in [6.07, 6.45) is 0. The van der Waals surface area contributed by atoms with Crippen molar-refractivity contribution in [3.05, 3.63) is 24.3 Å². The lowest BCUT2D eigenvalue weighted by Crippen LogP contribution is -2.44. The Morgan fingerprint density at radius 2 is 1.38 bits per heavy atom. The molecule has 0 aliphatic rings. The summed E-state index contributed by atoms with van der Waals surface area (Å²) in [6.45, 7) is 7.61. The number of aliphatic hydroxyl groups is 2. The van der Waals surface area contributed by atoms with Crippen LogP contribution >= 0.6 is 0 Å². The summed E-state index contributed by atoms with van der Waals surface area (Å²) in [7, 11) is -1.49. The van der Waals surface area contributed by atoms with Crippen molar-refractivity contribution >= 4 is 18.6 Å². The lowest BCUT2D eigenvalue weighted by molar-refractivity contribution is -0.131. The molecular formula is C14H23BO6. The molecule has 0 aliphatic carbocycles. The van der Waals surface area contributed by atoms with Gasteiger partial charge in [-0.1, -0.05) is 12.1 Å². The molecule has 21 heavy (non-hydrogen) atoms. The molecule has 0 fully saturated rings. The Morgan fingerprint density at radius 1 is 1.00 bits per heavy atom. The second kappa shape index (κ2) is 7.56. The van der Waals surface area contributed by atoms with Gasteiger partial charge >= 0.3 is 13.1 Å². The Labute approximate surface area is 125 Å². The Morgan fingerprint density at radius 3 is 1.62 bits per heavy atom. The largest absolute Gasteiger partial charge is 0.488 e. The van der Waals surface area contributed by atoms with Gasteiger partial charge < -0.3 is 25.0 Å². The molecule has 0 saturated carbocycles. The Balaban J connectivity index is 0.000000433. The molecule has 0 saturated heterocycles. The Kier molecular flexibility index (Phi) is 7.05. The first-order valence-electron chi connectivity index (χ1n) is 6.44. The maximum Gasteiger partial charge on any atom is 0.488 e. The number of esters is 1. The first kappa shape index (κ1) is 19.6. The molecule has 0 radical (unpaired) electrons. The van der Waals surface area contributed by atoms with Gasteiger partial charge in [-0.05, 0) is 45.3 Å². The number of hydrogen-bond donors (Lipinski definition) is 4. The lowest BCUT2D eigenvalue weighted by atomic mass is 9.80. The average Bonchev–Trinajstić information content (AvgIpc) is 2.26. The smallest absolute Gasteiger partial charge is 0.427 e. The van der Waals surface area contributed by atoms with E-state index in [1.807, 2.05) is 0 Å². The predicted octanol–water partition coefficient (Wildman–Crippen LogP) is -0.180. The van der Waals surface area contributed by atoms with E-state index in [4.69, 9.17) is 25.0 Å². The topological polar surface area (TPSA) is 107 Å². The van der Waals surface area contributed by atoms with Crippen LogP contribution in [-0.2, 0) is 4.79 Å². The number of carbonyl (C=O) groups excluding carboxylic acids is 1. The van der Waals surface area contributed by atoms with Gasteiger partial charge in [0.05, 0.1) is 11.2 Å². The van der Waals surface area contributed by atoms with Crippen LogP contribution in [0.1, 0.15) is 34.6 Å². The van der Waals surface area contributed by atoms with E-state index in [0.717, 1.165) is 0 Å². The number of ether oxygens (including phenoxy) is 1. The van der Waals surface area contributed by atoms with Crippen molar-refractivity contribution in [1.82, 2.24) is 0 Å². The molecule has 0 aromatic heterocycles. The van der Waals surface area contributed by atoms with Gasteiger partial charge in [0.2, 0.25) is 0 Å². The van der Waals surface area contributed by atoms with Gasteiger partial charge in [0.15, 0.2) is 0 Å². The van der Waals surface area contributed by atoms with Gasteiger partial charge in [-0.25, -0.2) is 0 Å². The van der Waals surface area contributed by atoms with Crippen molar-refractivity contribution < 1.29 is 29.8 Å². The first-order chi connectivity index (χ1) is 9.34. The highest BCUT2D eigenvalue weighted by atomic mass is 16.5. The Bertz CT molecular complexity index is 430. The molecule has 6 nitrogen and oxygen atoms in total. The monoisotopic (exact) mass is 298 g/mol. The van der Waals surface area contributed by atoms with Crippen LogP contribution in [0.5, 0.6) is 5.75 Å². The highest BCUT2D eigenvalue weighted by Gasteiger charge is 2.31. The quantitative estimate of drug-likeness (QED) is 0.350. The minimum atomic E-state index is -1.49. The van der Waals surface area contributed by atoms with E-state index in [9.17, 15) is 4.79 Å². The van der Waals surface area contributed by atoms with E-state index < -0.39 is 24.3 Å². The lowest BCUT2D eigenvalue weighted by Gasteiger charge is -2.31. The standard InChI is InChI=1S/C8H9BO4.C6H14O2/c1-6(10)13-8-4-2-7(3-5-8)9(11)12;1-5(2,7)6(3,4)8/h2-5,11-12H,1H3;7-8H,1-4H3. The molecule has 4 N–H and O–H groups in total. The molecule has 0 heterocycles. The number of rotatable bonds is 3. The SMILES string of the molecule is CC(=O)Oc1ccc(B(O)O)cc1.CC(C)(O)C(C)(C)O. The van der Waals surface area contributed by atoms with E-state index >= 15 is 0 Å². The number of hydrogen-bond acceptors (Lipinski definition) is 6. The zero-order valence-electron chi connectivity index (χ0n) is 13.0. The van der Waals surface area contributed by atoms with Gasteiger partial charge in [-0.15, -0.1) is 0 Å². The van der Waals surface area contributed by atoms with Gasteiger partial charge in [0, 0.05) is 6.92 Å². The van der Waals surface area contributed by atoms with E-state index in [1.54, 1.807) is 27.7 Å². The summed E-state index contributed by atoms with van der Waals surface area (Å²) >= 11 is 0. The van der Waals surface area contributed by atoms with Crippen LogP contribution in [0, 0.1) is 0 Å². The second-order valence-electron chi connectivity index (χ2n) is 5.65. The highest BCUT2D eigenvalue weighted by Crippen LogP contribution is 2.19. The van der Waals surface area contributed by atoms with Gasteiger partial charge in [0.1, 0.15) is 5.75 Å². The fourth-order valence-corrected chi connectivity index (χ4v) is 0.874. The first-order valence-corrected chi connectivity index (χ1v) is 6.44. The predicted molar refractivity (Wildman–Crippen MR) is 80.2 cm³/mol. The molecule has 0 unspecified atom stereocenters. The maximum atomic E-state index is 10.5. The third-order valence-electron chi connectivity index (χ3n) is 2.94. The van der Waals surface area contributed by atoms with Gasteiger partial charge in [-0.2, -0.15) is 0 Å². The molecule has 118 valence electrons. The van der Waals surface area contributed by atoms with Crippen LogP contribution in [0.25, 0.3) is 0 Å². The van der Waals surface area contributed by atoms with E-state index in [0.29, 0.717) is 11.2 Å². The molecule has 1 aromatic rings. The summed E-state index contributed by atoms with van der Waals surface area (Å²) in [5.41, 5.74) is -1.66. The number of carbonyl (C=O) groups is 1. The van der Waals surface area contributed by atoms with Crippen LogP contribution in [-0.4, -0.2) is 44.6 Å². The maximum absolute atomic E-state index is 10.5. The zero-order chi connectivity index (χ0) is 16.8. The summed E-state index contributed by atoms with van der Waals surface area (Å²) in [5.74, 6) is -0.0193. The normalized spacial score (nSPS) is 11.3. The van der Waals surface area contributed by atoms with E-state index in [2.05, 4.69) is 0 Å². The summed E-state index contributed by atoms with van der Waals surface area (Å²) in [4.78, 5) is 10.5. The summed E-state index contributed by atoms with van der Waals surface area (Å²) < 4.78 is 4.75. The van der Waals surface area contributed by atoms with Gasteiger partial charge in [-0.3, -0.25) is 4.79 Å². The zero-order valence-corrected chi connectivity index (χ0v) is 13.0. The van der Waals surface area contributed by atoms with Crippen molar-refractivity contribution in [3.8, 4) is 5.75 Å². The third kappa shape index (κ3) is 7.82. The molecular weight excluding hydrogens is 275 g/mol. The third-order valence-corrected chi connectivity index (χ3v) is 2.94. The molecule has 0 spiro atoms. The molecule has 1 rings (SSSR count). The van der Waals surface area contributed by atoms with Crippen molar-refractivity contribution in [1.29, 1.82) is 0 Å². The molecule has 7 heteroatoms. The van der Waals surface area contributed by atoms with Crippen LogP contribution in [0.3, 0.4) is 0 Å². The van der Waals surface area contributed by atoms with Crippen molar-refractivity contribution in [3.63, 3.8) is 0 Å². The fraction of sp³-hybridized carbons (Fsp3) is 0.500. The van der Waals surface area contributed by atoms with Crippen molar-refractivity contribution in [2.45, 2.75) is 45.8 Å². The van der Waals surface area contributed by atoms with E-state index in [-0.39, 0.29) is 0 Å². The molecule has 0 aliphatic heterocycles. The van der Waals surface area contributed by atoms with Crippen LogP contribution in [0.2, 0.25) is 0 Å². The molecule has 0 atom stereocenters. The van der Waals surface area contributed by atoms with E-state index in [1.165, 1.54) is 31.2 Å². The fourth-order valence-electron chi connectivity index (χ4n) is 0.874. The molecule has 1 aromatic carbocycles. The summed E-state index contributed by atoms with van der Waals surface area (Å²) in [5, 5.41) is 35.7. The van der Waals surface area contributed by atoms with Gasteiger partial charge in [0.25, 0.3) is 0 Å². The van der Waals surface area contributed by atoms with Crippen LogP contribution in [0.15, 0.2) is 24.3 Å². The highest BCUT2D eigenvalue weighted by molar-refractivity contribution is 6.58. The second-order valence-corrected chi connectivity index (χ2v) is 5.65. The van der Waals surface area contributed by atoms with Crippen molar-refractivity contribution in [2.75, 3.05) is 0 Å². The summed E-state index contributed by atoms with van der Waals surface area (Å²) in [6, 6.07) is 5.94. The molecule has 0 amide bonds. The minimum Gasteiger partial charge on any atom is -0.427 e. The Hall–Kier alpha value is -1.41. The van der Waals surface area contributed by atoms with Crippen molar-refractivity contribution in [2.24, 2.45) is 0 Å². The number of benzene rings is 1. The average molecular weight is 298 g/mol. The van der Waals surface area contributed by atoms with Crippen LogP contribution in [0.4, 0.5) is 0 Å².